The van der Waals surface area contributed by atoms with E-state index in [0.717, 1.165) is 12.8 Å². The minimum atomic E-state index is -0.559. The van der Waals surface area contributed by atoms with E-state index >= 15 is 0 Å². The number of carbonyl (C=O) groups excluding carboxylic acids is 2. The second-order valence-corrected chi connectivity index (χ2v) is 4.84. The van der Waals surface area contributed by atoms with Crippen molar-refractivity contribution >= 4 is 23.2 Å². The molecule has 1 aliphatic rings. The van der Waals surface area contributed by atoms with Crippen LogP contribution in [0.15, 0.2) is 18.2 Å². The van der Waals surface area contributed by atoms with E-state index in [0.29, 0.717) is 23.0 Å². The van der Waals surface area contributed by atoms with Crippen molar-refractivity contribution < 1.29 is 9.59 Å². The molecule has 0 radical (unpaired) electrons. The van der Waals surface area contributed by atoms with Crippen LogP contribution in [0.1, 0.15) is 23.2 Å². The van der Waals surface area contributed by atoms with E-state index in [4.69, 9.17) is 11.5 Å². The van der Waals surface area contributed by atoms with E-state index in [1.165, 1.54) is 6.07 Å². The molecule has 6 heteroatoms. The molecule has 0 aliphatic heterocycles. The number of nitrogens with zero attached hydrogens (tertiary/aromatic N) is 1. The lowest BCUT2D eigenvalue weighted by Gasteiger charge is -2.21. The standard InChI is InChI=1S/C13H18N4O2/c1-17(7-12(18)16-9-3-4-9)11-5-2-8(14)6-10(11)13(15)19/h2,5-6,9H,3-4,7,14H2,1H3,(H2,15,19)(H,16,18). The highest BCUT2D eigenvalue weighted by Gasteiger charge is 2.24. The van der Waals surface area contributed by atoms with Crippen LogP contribution in [0, 0.1) is 0 Å². The molecule has 19 heavy (non-hydrogen) atoms. The Balaban J connectivity index is 2.10. The van der Waals surface area contributed by atoms with Gasteiger partial charge in [0.2, 0.25) is 5.91 Å². The van der Waals surface area contributed by atoms with Gasteiger partial charge in [-0.05, 0) is 31.0 Å². The van der Waals surface area contributed by atoms with Gasteiger partial charge in [-0.1, -0.05) is 0 Å². The summed E-state index contributed by atoms with van der Waals surface area (Å²) in [6.07, 6.45) is 2.09. The van der Waals surface area contributed by atoms with E-state index in [1.54, 1.807) is 24.1 Å². The van der Waals surface area contributed by atoms with Gasteiger partial charge < -0.3 is 21.7 Å². The van der Waals surface area contributed by atoms with Crippen LogP contribution in [0.4, 0.5) is 11.4 Å². The van der Waals surface area contributed by atoms with E-state index in [9.17, 15) is 9.59 Å². The number of benzene rings is 1. The molecule has 1 saturated carbocycles. The summed E-state index contributed by atoms with van der Waals surface area (Å²) in [5.74, 6) is -0.617. The zero-order valence-electron chi connectivity index (χ0n) is 10.8. The van der Waals surface area contributed by atoms with Crippen molar-refractivity contribution in [2.75, 3.05) is 24.2 Å². The number of nitrogens with one attached hydrogen (secondary N) is 1. The fourth-order valence-corrected chi connectivity index (χ4v) is 1.89. The Hall–Kier alpha value is -2.24. The molecule has 1 aliphatic carbocycles. The molecule has 0 unspecified atom stereocenters. The lowest BCUT2D eigenvalue weighted by atomic mass is 10.1. The molecule has 0 heterocycles. The lowest BCUT2D eigenvalue weighted by Crippen LogP contribution is -2.37. The normalized spacial score (nSPS) is 13.9. The number of nitrogen functional groups attached to an aromatic ring is 1. The third kappa shape index (κ3) is 3.37. The molecular formula is C13H18N4O2. The van der Waals surface area contributed by atoms with Gasteiger partial charge in [0.1, 0.15) is 0 Å². The van der Waals surface area contributed by atoms with E-state index in [-0.39, 0.29) is 12.5 Å². The fourth-order valence-electron chi connectivity index (χ4n) is 1.89. The molecule has 2 rings (SSSR count). The number of rotatable bonds is 5. The molecule has 5 N–H and O–H groups in total. The molecule has 0 spiro atoms. The SMILES string of the molecule is CN(CC(=O)NC1CC1)c1ccc(N)cc1C(N)=O. The number of primary amides is 1. The molecule has 102 valence electrons. The van der Waals surface area contributed by atoms with Crippen LogP contribution in [0.3, 0.4) is 0 Å². The molecule has 1 fully saturated rings. The van der Waals surface area contributed by atoms with Gasteiger partial charge in [-0.25, -0.2) is 0 Å². The quantitative estimate of drug-likeness (QED) is 0.654. The zero-order valence-corrected chi connectivity index (χ0v) is 10.8. The van der Waals surface area contributed by atoms with E-state index in [1.807, 2.05) is 0 Å². The first-order valence-electron chi connectivity index (χ1n) is 6.17. The molecule has 1 aromatic rings. The first-order valence-corrected chi connectivity index (χ1v) is 6.17. The summed E-state index contributed by atoms with van der Waals surface area (Å²) in [5, 5.41) is 2.89. The van der Waals surface area contributed by atoms with Crippen LogP contribution >= 0.6 is 0 Å². The van der Waals surface area contributed by atoms with E-state index in [2.05, 4.69) is 5.32 Å². The Morgan fingerprint density at radius 2 is 2.11 bits per heavy atom. The fraction of sp³-hybridized carbons (Fsp3) is 0.385. The van der Waals surface area contributed by atoms with Crippen molar-refractivity contribution in [1.29, 1.82) is 0 Å². The molecule has 0 atom stereocenters. The van der Waals surface area contributed by atoms with Gasteiger partial charge in [-0.2, -0.15) is 0 Å². The molecular weight excluding hydrogens is 244 g/mol. The van der Waals surface area contributed by atoms with Gasteiger partial charge in [0.05, 0.1) is 12.1 Å². The molecule has 0 aromatic heterocycles. The van der Waals surface area contributed by atoms with Crippen molar-refractivity contribution in [2.24, 2.45) is 5.73 Å². The third-order valence-corrected chi connectivity index (χ3v) is 3.02. The Bertz CT molecular complexity index is 511. The molecule has 0 bridgehead atoms. The highest BCUT2D eigenvalue weighted by molar-refractivity contribution is 6.00. The number of carbonyl (C=O) groups is 2. The highest BCUT2D eigenvalue weighted by atomic mass is 16.2. The van der Waals surface area contributed by atoms with Crippen LogP contribution in [-0.2, 0) is 4.79 Å². The monoisotopic (exact) mass is 262 g/mol. The maximum Gasteiger partial charge on any atom is 0.250 e. The zero-order chi connectivity index (χ0) is 14.0. The lowest BCUT2D eigenvalue weighted by molar-refractivity contribution is -0.119. The Kier molecular flexibility index (Phi) is 3.59. The third-order valence-electron chi connectivity index (χ3n) is 3.02. The average Bonchev–Trinajstić information content (AvgIpc) is 3.12. The van der Waals surface area contributed by atoms with Crippen molar-refractivity contribution in [3.8, 4) is 0 Å². The Morgan fingerprint density at radius 1 is 1.42 bits per heavy atom. The minimum absolute atomic E-state index is 0.0581. The number of hydrogen-bond donors (Lipinski definition) is 3. The van der Waals surface area contributed by atoms with Crippen molar-refractivity contribution in [1.82, 2.24) is 5.32 Å². The van der Waals surface area contributed by atoms with Crippen LogP contribution in [-0.4, -0.2) is 31.4 Å². The second kappa shape index (κ2) is 5.17. The molecule has 1 aromatic carbocycles. The van der Waals surface area contributed by atoms with Crippen molar-refractivity contribution in [3.63, 3.8) is 0 Å². The van der Waals surface area contributed by atoms with Gasteiger partial charge in [0, 0.05) is 24.5 Å². The Morgan fingerprint density at radius 3 is 2.68 bits per heavy atom. The maximum absolute atomic E-state index is 11.7. The second-order valence-electron chi connectivity index (χ2n) is 4.84. The van der Waals surface area contributed by atoms with Crippen molar-refractivity contribution in [2.45, 2.75) is 18.9 Å². The first kappa shape index (κ1) is 13.2. The van der Waals surface area contributed by atoms with Crippen LogP contribution in [0.25, 0.3) is 0 Å². The van der Waals surface area contributed by atoms with Gasteiger partial charge in [-0.15, -0.1) is 0 Å². The number of likely N-dealkylation sites (N-methyl/N-ethyl adjacent to an activating group) is 1. The van der Waals surface area contributed by atoms with E-state index < -0.39 is 5.91 Å². The average molecular weight is 262 g/mol. The number of nitrogens with two attached hydrogens (primary N) is 2. The summed E-state index contributed by atoms with van der Waals surface area (Å²) in [4.78, 5) is 24.8. The minimum Gasteiger partial charge on any atom is -0.399 e. The molecule has 0 saturated heterocycles. The molecule has 2 amide bonds. The predicted octanol–water partition coefficient (Wildman–Crippen LogP) is 0.0825. The van der Waals surface area contributed by atoms with Crippen LogP contribution < -0.4 is 21.7 Å². The summed E-state index contributed by atoms with van der Waals surface area (Å²) in [6, 6.07) is 5.21. The maximum atomic E-state index is 11.7. The summed E-state index contributed by atoms with van der Waals surface area (Å²) in [6.45, 7) is 0.181. The first-order chi connectivity index (χ1) is 8.97. The van der Waals surface area contributed by atoms with Gasteiger partial charge >= 0.3 is 0 Å². The van der Waals surface area contributed by atoms with Crippen molar-refractivity contribution in [3.05, 3.63) is 23.8 Å². The predicted molar refractivity (Wildman–Crippen MR) is 73.8 cm³/mol. The highest BCUT2D eigenvalue weighted by Crippen LogP contribution is 2.22. The number of anilines is 2. The van der Waals surface area contributed by atoms with Gasteiger partial charge in [0.15, 0.2) is 0 Å². The Labute approximate surface area is 111 Å². The largest absolute Gasteiger partial charge is 0.399 e. The van der Waals surface area contributed by atoms with Crippen LogP contribution in [0.2, 0.25) is 0 Å². The summed E-state index contributed by atoms with van der Waals surface area (Å²) >= 11 is 0. The number of amides is 2. The number of hydrogen-bond acceptors (Lipinski definition) is 4. The summed E-state index contributed by atoms with van der Waals surface area (Å²) < 4.78 is 0. The molecule has 6 nitrogen and oxygen atoms in total. The van der Waals surface area contributed by atoms with Gasteiger partial charge in [0.25, 0.3) is 5.91 Å². The van der Waals surface area contributed by atoms with Crippen LogP contribution in [0.5, 0.6) is 0 Å². The van der Waals surface area contributed by atoms with Gasteiger partial charge in [-0.3, -0.25) is 9.59 Å². The topological polar surface area (TPSA) is 101 Å². The summed E-state index contributed by atoms with van der Waals surface area (Å²) in [7, 11) is 1.74. The summed E-state index contributed by atoms with van der Waals surface area (Å²) in [5.41, 5.74) is 12.3. The smallest absolute Gasteiger partial charge is 0.250 e.